The smallest absolute Gasteiger partial charge is 0.225 e. The number of amides is 1. The van der Waals surface area contributed by atoms with E-state index in [0.29, 0.717) is 11.9 Å². The Balaban J connectivity index is 1.46. The first-order chi connectivity index (χ1) is 12.8. The van der Waals surface area contributed by atoms with Crippen molar-refractivity contribution in [1.82, 2.24) is 15.2 Å². The molecule has 1 N–H and O–H groups in total. The summed E-state index contributed by atoms with van der Waals surface area (Å²) in [4.78, 5) is 18.9. The van der Waals surface area contributed by atoms with E-state index in [4.69, 9.17) is 0 Å². The normalized spacial score (nSPS) is 21.8. The molecule has 4 rings (SSSR count). The van der Waals surface area contributed by atoms with Gasteiger partial charge in [0.2, 0.25) is 5.91 Å². The maximum absolute atomic E-state index is 12.7. The molecule has 1 aromatic heterocycles. The minimum absolute atomic E-state index is 0.130. The third-order valence-corrected chi connectivity index (χ3v) is 5.78. The highest BCUT2D eigenvalue weighted by atomic mass is 16.2. The van der Waals surface area contributed by atoms with Crippen LogP contribution in [0.1, 0.15) is 49.3 Å². The molecule has 2 heterocycles. The van der Waals surface area contributed by atoms with Crippen LogP contribution in [-0.2, 0) is 4.79 Å². The van der Waals surface area contributed by atoms with E-state index < -0.39 is 0 Å². The standard InChI is InChI=1S/C22H27N3O/c26-22(19-8-4-5-9-19)25-15-12-20(16-25)24-21(17-6-2-1-3-7-17)18-10-13-23-14-11-18/h1-3,6-7,10-11,13-14,19-21,24H,4-5,8-9,12,15-16H2/t20-,21-/m1/s1. The maximum atomic E-state index is 12.7. The van der Waals surface area contributed by atoms with Gasteiger partial charge < -0.3 is 10.2 Å². The van der Waals surface area contributed by atoms with E-state index in [-0.39, 0.29) is 12.0 Å². The average Bonchev–Trinajstić information content (AvgIpc) is 3.39. The Labute approximate surface area is 155 Å². The van der Waals surface area contributed by atoms with Crippen LogP contribution < -0.4 is 5.32 Å². The van der Waals surface area contributed by atoms with E-state index in [1.54, 1.807) is 0 Å². The second-order valence-corrected chi connectivity index (χ2v) is 7.54. The Bertz CT molecular complexity index is 673. The van der Waals surface area contributed by atoms with Crippen molar-refractivity contribution in [2.24, 2.45) is 5.92 Å². The molecule has 1 aliphatic carbocycles. The van der Waals surface area contributed by atoms with Gasteiger partial charge in [-0.2, -0.15) is 0 Å². The number of rotatable bonds is 5. The lowest BCUT2D eigenvalue weighted by atomic mass is 9.98. The fraction of sp³-hybridized carbons (Fsp3) is 0.455. The molecule has 2 atom stereocenters. The molecule has 1 aromatic carbocycles. The molecule has 4 heteroatoms. The highest BCUT2D eigenvalue weighted by molar-refractivity contribution is 5.79. The zero-order chi connectivity index (χ0) is 17.8. The predicted molar refractivity (Wildman–Crippen MR) is 103 cm³/mol. The lowest BCUT2D eigenvalue weighted by molar-refractivity contribution is -0.134. The first-order valence-corrected chi connectivity index (χ1v) is 9.81. The molecule has 0 unspecified atom stereocenters. The van der Waals surface area contributed by atoms with Crippen LogP contribution in [0, 0.1) is 5.92 Å². The second kappa shape index (κ2) is 8.00. The van der Waals surface area contributed by atoms with E-state index >= 15 is 0 Å². The summed E-state index contributed by atoms with van der Waals surface area (Å²) >= 11 is 0. The molecule has 1 saturated heterocycles. The second-order valence-electron chi connectivity index (χ2n) is 7.54. The van der Waals surface area contributed by atoms with Crippen molar-refractivity contribution in [1.29, 1.82) is 0 Å². The molecule has 0 radical (unpaired) electrons. The third-order valence-electron chi connectivity index (χ3n) is 5.78. The van der Waals surface area contributed by atoms with Gasteiger partial charge in [-0.3, -0.25) is 9.78 Å². The number of hydrogen-bond donors (Lipinski definition) is 1. The molecule has 2 aliphatic rings. The highest BCUT2D eigenvalue weighted by Crippen LogP contribution is 2.29. The Morgan fingerprint density at radius 1 is 1.00 bits per heavy atom. The zero-order valence-corrected chi connectivity index (χ0v) is 15.2. The van der Waals surface area contributed by atoms with E-state index in [0.717, 1.165) is 32.4 Å². The van der Waals surface area contributed by atoms with Gasteiger partial charge in [-0.05, 0) is 42.5 Å². The van der Waals surface area contributed by atoms with E-state index in [1.165, 1.54) is 24.0 Å². The number of aromatic nitrogens is 1. The summed E-state index contributed by atoms with van der Waals surface area (Å²) in [7, 11) is 0. The molecule has 2 fully saturated rings. The number of benzene rings is 1. The van der Waals surface area contributed by atoms with Gasteiger partial charge >= 0.3 is 0 Å². The lowest BCUT2D eigenvalue weighted by Gasteiger charge is -2.25. The minimum Gasteiger partial charge on any atom is -0.341 e. The van der Waals surface area contributed by atoms with E-state index in [1.807, 2.05) is 18.5 Å². The molecule has 1 amide bonds. The van der Waals surface area contributed by atoms with Gasteiger partial charge in [0.1, 0.15) is 0 Å². The summed E-state index contributed by atoms with van der Waals surface area (Å²) in [6, 6.07) is 15.1. The summed E-state index contributed by atoms with van der Waals surface area (Å²) in [5.74, 6) is 0.658. The Morgan fingerprint density at radius 3 is 2.42 bits per heavy atom. The largest absolute Gasteiger partial charge is 0.341 e. The van der Waals surface area contributed by atoms with Gasteiger partial charge in [0.25, 0.3) is 0 Å². The Kier molecular flexibility index (Phi) is 5.30. The van der Waals surface area contributed by atoms with E-state index in [2.05, 4.69) is 51.6 Å². The number of likely N-dealkylation sites (tertiary alicyclic amines) is 1. The van der Waals surface area contributed by atoms with Gasteiger partial charge in [-0.1, -0.05) is 43.2 Å². The van der Waals surface area contributed by atoms with Crippen LogP contribution in [0.5, 0.6) is 0 Å². The number of pyridine rings is 1. The number of nitrogens with zero attached hydrogens (tertiary/aromatic N) is 2. The van der Waals surface area contributed by atoms with Crippen LogP contribution >= 0.6 is 0 Å². The van der Waals surface area contributed by atoms with E-state index in [9.17, 15) is 4.79 Å². The number of hydrogen-bond acceptors (Lipinski definition) is 3. The zero-order valence-electron chi connectivity index (χ0n) is 15.2. The van der Waals surface area contributed by atoms with Crippen LogP contribution in [-0.4, -0.2) is 34.9 Å². The molecule has 0 bridgehead atoms. The first kappa shape index (κ1) is 17.2. The van der Waals surface area contributed by atoms with Crippen molar-refractivity contribution in [3.05, 3.63) is 66.0 Å². The quantitative estimate of drug-likeness (QED) is 0.898. The summed E-state index contributed by atoms with van der Waals surface area (Å²) in [5, 5.41) is 3.80. The van der Waals surface area contributed by atoms with Crippen LogP contribution in [0.4, 0.5) is 0 Å². The van der Waals surface area contributed by atoms with Gasteiger partial charge in [-0.15, -0.1) is 0 Å². The summed E-state index contributed by atoms with van der Waals surface area (Å²) in [6.45, 7) is 1.70. The van der Waals surface area contributed by atoms with Crippen LogP contribution in [0.3, 0.4) is 0 Å². The number of nitrogens with one attached hydrogen (secondary N) is 1. The molecular weight excluding hydrogens is 322 g/mol. The van der Waals surface area contributed by atoms with Gasteiger partial charge in [0.05, 0.1) is 6.04 Å². The van der Waals surface area contributed by atoms with Gasteiger partial charge in [0.15, 0.2) is 0 Å². The summed E-state index contributed by atoms with van der Waals surface area (Å²) < 4.78 is 0. The average molecular weight is 349 g/mol. The fourth-order valence-electron chi connectivity index (χ4n) is 4.35. The summed E-state index contributed by atoms with van der Waals surface area (Å²) in [6.07, 6.45) is 9.30. The van der Waals surface area contributed by atoms with Crippen molar-refractivity contribution in [2.75, 3.05) is 13.1 Å². The fourth-order valence-corrected chi connectivity index (χ4v) is 4.35. The van der Waals surface area contributed by atoms with Crippen LogP contribution in [0.25, 0.3) is 0 Å². The molecule has 2 aromatic rings. The molecule has 4 nitrogen and oxygen atoms in total. The molecule has 1 saturated carbocycles. The third kappa shape index (κ3) is 3.80. The highest BCUT2D eigenvalue weighted by Gasteiger charge is 2.33. The van der Waals surface area contributed by atoms with Crippen molar-refractivity contribution < 1.29 is 4.79 Å². The predicted octanol–water partition coefficient (Wildman–Crippen LogP) is 3.55. The van der Waals surface area contributed by atoms with Gasteiger partial charge in [0, 0.05) is 37.4 Å². The SMILES string of the molecule is O=C(C1CCCC1)N1CC[C@@H](N[C@H](c2ccccc2)c2ccncc2)C1. The first-order valence-electron chi connectivity index (χ1n) is 9.81. The lowest BCUT2D eigenvalue weighted by Crippen LogP contribution is -2.39. The molecule has 136 valence electrons. The van der Waals surface area contributed by atoms with Crippen molar-refractivity contribution in [3.8, 4) is 0 Å². The molecule has 0 spiro atoms. The Morgan fingerprint density at radius 2 is 1.69 bits per heavy atom. The summed E-state index contributed by atoms with van der Waals surface area (Å²) in [5.41, 5.74) is 2.46. The molecule has 1 aliphatic heterocycles. The van der Waals surface area contributed by atoms with Gasteiger partial charge in [-0.25, -0.2) is 0 Å². The monoisotopic (exact) mass is 349 g/mol. The maximum Gasteiger partial charge on any atom is 0.225 e. The van der Waals surface area contributed by atoms with Crippen molar-refractivity contribution >= 4 is 5.91 Å². The Hall–Kier alpha value is -2.20. The molecular formula is C22H27N3O. The number of carbonyl (C=O) groups excluding carboxylic acids is 1. The number of carbonyl (C=O) groups is 1. The van der Waals surface area contributed by atoms with Crippen molar-refractivity contribution in [2.45, 2.75) is 44.2 Å². The molecule has 26 heavy (non-hydrogen) atoms. The van der Waals surface area contributed by atoms with Crippen LogP contribution in [0.15, 0.2) is 54.9 Å². The van der Waals surface area contributed by atoms with Crippen LogP contribution in [0.2, 0.25) is 0 Å². The topological polar surface area (TPSA) is 45.2 Å². The minimum atomic E-state index is 0.130. The van der Waals surface area contributed by atoms with Crippen molar-refractivity contribution in [3.63, 3.8) is 0 Å².